The fourth-order valence-electron chi connectivity index (χ4n) is 2.10. The first-order valence-electron chi connectivity index (χ1n) is 6.30. The van der Waals surface area contributed by atoms with Gasteiger partial charge in [0.25, 0.3) is 0 Å². The van der Waals surface area contributed by atoms with Crippen LogP contribution >= 0.6 is 0 Å². The van der Waals surface area contributed by atoms with Gasteiger partial charge in [0.05, 0.1) is 6.10 Å². The topological polar surface area (TPSA) is 67.8 Å². The van der Waals surface area contributed by atoms with Crippen molar-refractivity contribution in [1.82, 2.24) is 0 Å². The van der Waals surface area contributed by atoms with Gasteiger partial charge in [0.15, 0.2) is 0 Å². The van der Waals surface area contributed by atoms with E-state index in [1.165, 1.54) is 25.7 Å². The first-order chi connectivity index (χ1) is 7.72. The lowest BCUT2D eigenvalue weighted by Gasteiger charge is -2.26. The molecule has 0 unspecified atom stereocenters. The summed E-state index contributed by atoms with van der Waals surface area (Å²) in [6.07, 6.45) is 8.06. The number of ether oxygens (including phenoxy) is 1. The van der Waals surface area contributed by atoms with E-state index in [0.717, 1.165) is 25.4 Å². The molecule has 1 fully saturated rings. The van der Waals surface area contributed by atoms with Crippen LogP contribution < -0.4 is 5.73 Å². The summed E-state index contributed by atoms with van der Waals surface area (Å²) in [5, 5.41) is 11.3. The van der Waals surface area contributed by atoms with Gasteiger partial charge in [0.2, 0.25) is 0 Å². The summed E-state index contributed by atoms with van der Waals surface area (Å²) in [5.74, 6) is 1.19. The highest BCUT2D eigenvalue weighted by atomic mass is 16.5. The molecule has 1 saturated carbocycles. The SMILES string of the molecule is CC1CCC(OCCCCC(N)=NO)CC1. The van der Waals surface area contributed by atoms with Gasteiger partial charge in [-0.25, -0.2) is 0 Å². The maximum atomic E-state index is 8.35. The third-order valence-electron chi connectivity index (χ3n) is 3.27. The van der Waals surface area contributed by atoms with Gasteiger partial charge in [-0.1, -0.05) is 12.1 Å². The van der Waals surface area contributed by atoms with E-state index in [0.29, 0.717) is 18.4 Å². The molecule has 0 aromatic carbocycles. The molecule has 0 aromatic heterocycles. The molecule has 0 bridgehead atoms. The molecule has 16 heavy (non-hydrogen) atoms. The van der Waals surface area contributed by atoms with E-state index in [9.17, 15) is 0 Å². The predicted octanol–water partition coefficient (Wildman–Crippen LogP) is 2.50. The molecule has 0 radical (unpaired) electrons. The molecule has 0 aromatic rings. The van der Waals surface area contributed by atoms with Crippen LogP contribution in [-0.2, 0) is 4.74 Å². The van der Waals surface area contributed by atoms with Crippen molar-refractivity contribution in [3.8, 4) is 0 Å². The Kier molecular flexibility index (Phi) is 6.23. The van der Waals surface area contributed by atoms with Crippen molar-refractivity contribution in [3.05, 3.63) is 0 Å². The van der Waals surface area contributed by atoms with E-state index in [4.69, 9.17) is 15.7 Å². The van der Waals surface area contributed by atoms with Crippen molar-refractivity contribution >= 4 is 5.84 Å². The molecule has 0 aliphatic heterocycles. The number of rotatable bonds is 6. The molecule has 0 spiro atoms. The zero-order valence-electron chi connectivity index (χ0n) is 10.2. The van der Waals surface area contributed by atoms with E-state index < -0.39 is 0 Å². The van der Waals surface area contributed by atoms with Crippen molar-refractivity contribution in [2.24, 2.45) is 16.8 Å². The molecule has 4 nitrogen and oxygen atoms in total. The van der Waals surface area contributed by atoms with Crippen molar-refractivity contribution < 1.29 is 9.94 Å². The van der Waals surface area contributed by atoms with Crippen LogP contribution in [0.2, 0.25) is 0 Å². The van der Waals surface area contributed by atoms with Crippen LogP contribution in [0.1, 0.15) is 51.9 Å². The summed E-state index contributed by atoms with van der Waals surface area (Å²) in [7, 11) is 0. The summed E-state index contributed by atoms with van der Waals surface area (Å²) < 4.78 is 5.80. The minimum absolute atomic E-state index is 0.312. The van der Waals surface area contributed by atoms with Crippen LogP contribution in [-0.4, -0.2) is 23.8 Å². The lowest BCUT2D eigenvalue weighted by molar-refractivity contribution is 0.0182. The summed E-state index contributed by atoms with van der Waals surface area (Å²) >= 11 is 0. The number of oxime groups is 1. The molecule has 0 heterocycles. The Bertz CT molecular complexity index is 211. The van der Waals surface area contributed by atoms with Crippen LogP contribution in [0, 0.1) is 5.92 Å². The number of hydrogen-bond acceptors (Lipinski definition) is 3. The third-order valence-corrected chi connectivity index (χ3v) is 3.27. The minimum Gasteiger partial charge on any atom is -0.409 e. The standard InChI is InChI=1S/C12H24N2O2/c1-10-5-7-11(8-6-10)16-9-3-2-4-12(13)14-15/h10-11,15H,2-9H2,1H3,(H2,13,14). The van der Waals surface area contributed by atoms with Gasteiger partial charge in [0, 0.05) is 13.0 Å². The molecule has 3 N–H and O–H groups in total. The monoisotopic (exact) mass is 228 g/mol. The van der Waals surface area contributed by atoms with Gasteiger partial charge in [0.1, 0.15) is 5.84 Å². The van der Waals surface area contributed by atoms with E-state index in [-0.39, 0.29) is 0 Å². The highest BCUT2D eigenvalue weighted by Gasteiger charge is 2.17. The Morgan fingerprint density at radius 2 is 2.00 bits per heavy atom. The quantitative estimate of drug-likeness (QED) is 0.241. The minimum atomic E-state index is 0.312. The number of unbranched alkanes of at least 4 members (excludes halogenated alkanes) is 1. The Hall–Kier alpha value is -0.770. The van der Waals surface area contributed by atoms with Gasteiger partial charge in [-0.2, -0.15) is 0 Å². The molecule has 94 valence electrons. The van der Waals surface area contributed by atoms with Crippen LogP contribution in [0.25, 0.3) is 0 Å². The maximum Gasteiger partial charge on any atom is 0.139 e. The number of nitrogens with zero attached hydrogens (tertiary/aromatic N) is 1. The molecular formula is C12H24N2O2. The van der Waals surface area contributed by atoms with Crippen LogP contribution in [0.15, 0.2) is 5.16 Å². The van der Waals surface area contributed by atoms with E-state index in [1.807, 2.05) is 0 Å². The lowest BCUT2D eigenvalue weighted by atomic mass is 9.89. The summed E-state index contributed by atoms with van der Waals surface area (Å²) in [5.41, 5.74) is 5.37. The largest absolute Gasteiger partial charge is 0.409 e. The molecule has 0 amide bonds. The molecule has 4 heteroatoms. The van der Waals surface area contributed by atoms with Crippen LogP contribution in [0.3, 0.4) is 0 Å². The summed E-state index contributed by atoms with van der Waals surface area (Å²) in [6, 6.07) is 0. The van der Waals surface area contributed by atoms with Crippen LogP contribution in [0.4, 0.5) is 0 Å². The van der Waals surface area contributed by atoms with E-state index in [2.05, 4.69) is 12.1 Å². The average molecular weight is 228 g/mol. The van der Waals surface area contributed by atoms with E-state index in [1.54, 1.807) is 0 Å². The molecule has 1 rings (SSSR count). The van der Waals surface area contributed by atoms with Crippen molar-refractivity contribution in [3.63, 3.8) is 0 Å². The summed E-state index contributed by atoms with van der Waals surface area (Å²) in [4.78, 5) is 0. The van der Waals surface area contributed by atoms with Gasteiger partial charge >= 0.3 is 0 Å². The van der Waals surface area contributed by atoms with Gasteiger partial charge in [-0.3, -0.25) is 0 Å². The van der Waals surface area contributed by atoms with E-state index >= 15 is 0 Å². The van der Waals surface area contributed by atoms with Crippen molar-refractivity contribution in [2.45, 2.75) is 58.0 Å². The molecular weight excluding hydrogens is 204 g/mol. The van der Waals surface area contributed by atoms with Crippen LogP contribution in [0.5, 0.6) is 0 Å². The second-order valence-corrected chi connectivity index (χ2v) is 4.80. The zero-order valence-corrected chi connectivity index (χ0v) is 10.2. The average Bonchev–Trinajstić information content (AvgIpc) is 2.31. The Balaban J connectivity index is 1.95. The first kappa shape index (κ1) is 13.3. The predicted molar refractivity (Wildman–Crippen MR) is 64.6 cm³/mol. The highest BCUT2D eigenvalue weighted by molar-refractivity contribution is 5.79. The second kappa shape index (κ2) is 7.49. The van der Waals surface area contributed by atoms with Crippen molar-refractivity contribution in [1.29, 1.82) is 0 Å². The Morgan fingerprint density at radius 1 is 1.31 bits per heavy atom. The van der Waals surface area contributed by atoms with Gasteiger partial charge < -0.3 is 15.7 Å². The molecule has 1 aliphatic carbocycles. The third kappa shape index (κ3) is 5.35. The van der Waals surface area contributed by atoms with Gasteiger partial charge in [-0.15, -0.1) is 0 Å². The fraction of sp³-hybridized carbons (Fsp3) is 0.917. The second-order valence-electron chi connectivity index (χ2n) is 4.80. The molecule has 1 aliphatic rings. The first-order valence-corrected chi connectivity index (χ1v) is 6.30. The smallest absolute Gasteiger partial charge is 0.139 e. The van der Waals surface area contributed by atoms with Crippen molar-refractivity contribution in [2.75, 3.05) is 6.61 Å². The highest BCUT2D eigenvalue weighted by Crippen LogP contribution is 2.25. The molecule has 0 atom stereocenters. The zero-order chi connectivity index (χ0) is 11.8. The normalized spacial score (nSPS) is 26.9. The number of hydrogen-bond donors (Lipinski definition) is 2. The Morgan fingerprint density at radius 3 is 2.62 bits per heavy atom. The lowest BCUT2D eigenvalue weighted by Crippen LogP contribution is -2.21. The van der Waals surface area contributed by atoms with Gasteiger partial charge in [-0.05, 0) is 44.4 Å². The molecule has 0 saturated heterocycles. The number of nitrogens with two attached hydrogens (primary N) is 1. The fourth-order valence-corrected chi connectivity index (χ4v) is 2.10. The maximum absolute atomic E-state index is 8.35. The number of amidine groups is 1. The summed E-state index contributed by atoms with van der Waals surface area (Å²) in [6.45, 7) is 3.12. The Labute approximate surface area is 97.8 Å².